The van der Waals surface area contributed by atoms with Crippen molar-refractivity contribution < 1.29 is 9.53 Å². The largest absolute Gasteiger partial charge is 0.442 e. The molecule has 1 N–H and O–H groups in total. The maximum Gasteiger partial charge on any atom is 0.407 e. The molecule has 1 amide bonds. The second-order valence-electron chi connectivity index (χ2n) is 5.14. The normalized spacial score (nSPS) is 28.1. The Morgan fingerprint density at radius 2 is 1.82 bits per heavy atom. The summed E-state index contributed by atoms with van der Waals surface area (Å²) in [6.45, 7) is 0. The molecule has 2 aliphatic rings. The highest BCUT2D eigenvalue weighted by atomic mass is 16.6. The van der Waals surface area contributed by atoms with Gasteiger partial charge in [-0.15, -0.1) is 0 Å². The molecule has 96 valence electrons. The standard InChI is InChI=1S/C14H23NO2/c16-14(15-12-8-6-7-9-12)17-13-10-4-2-1-3-5-11-13/h4,10,12-13H,1-3,5-9,11H2,(H,15,16)/b10-4+. The van der Waals surface area contributed by atoms with Crippen LogP contribution in [0.3, 0.4) is 0 Å². The van der Waals surface area contributed by atoms with Crippen molar-refractivity contribution in [1.29, 1.82) is 0 Å². The quantitative estimate of drug-likeness (QED) is 0.746. The van der Waals surface area contributed by atoms with E-state index in [-0.39, 0.29) is 12.2 Å². The van der Waals surface area contributed by atoms with E-state index in [2.05, 4.69) is 11.4 Å². The molecule has 0 aromatic carbocycles. The average molecular weight is 237 g/mol. The van der Waals surface area contributed by atoms with Gasteiger partial charge in [-0.05, 0) is 44.6 Å². The SMILES string of the molecule is O=C(NC1CCCC1)OC1/C=C/CCCCC1. The molecule has 1 saturated carbocycles. The number of hydrogen-bond donors (Lipinski definition) is 1. The minimum absolute atomic E-state index is 0.0169. The average Bonchev–Trinajstić information content (AvgIpc) is 2.74. The van der Waals surface area contributed by atoms with Crippen LogP contribution in [0.4, 0.5) is 4.79 Å². The van der Waals surface area contributed by atoms with Gasteiger partial charge in [0.05, 0.1) is 0 Å². The van der Waals surface area contributed by atoms with Gasteiger partial charge in [-0.2, -0.15) is 0 Å². The van der Waals surface area contributed by atoms with E-state index in [1.165, 1.54) is 25.7 Å². The lowest BCUT2D eigenvalue weighted by Crippen LogP contribution is -2.35. The van der Waals surface area contributed by atoms with Gasteiger partial charge in [-0.1, -0.05) is 25.3 Å². The number of carbonyl (C=O) groups is 1. The van der Waals surface area contributed by atoms with Gasteiger partial charge in [0.1, 0.15) is 6.10 Å². The number of rotatable bonds is 2. The van der Waals surface area contributed by atoms with Gasteiger partial charge in [0, 0.05) is 6.04 Å². The highest BCUT2D eigenvalue weighted by Gasteiger charge is 2.19. The van der Waals surface area contributed by atoms with Crippen molar-refractivity contribution in [2.75, 3.05) is 0 Å². The summed E-state index contributed by atoms with van der Waals surface area (Å²) in [7, 11) is 0. The maximum absolute atomic E-state index is 11.7. The smallest absolute Gasteiger partial charge is 0.407 e. The fraction of sp³-hybridized carbons (Fsp3) is 0.786. The third-order valence-electron chi connectivity index (χ3n) is 3.65. The van der Waals surface area contributed by atoms with Gasteiger partial charge in [0.25, 0.3) is 0 Å². The van der Waals surface area contributed by atoms with Crippen molar-refractivity contribution in [3.63, 3.8) is 0 Å². The molecule has 1 fully saturated rings. The second-order valence-corrected chi connectivity index (χ2v) is 5.14. The van der Waals surface area contributed by atoms with Crippen molar-refractivity contribution in [3.05, 3.63) is 12.2 Å². The van der Waals surface area contributed by atoms with Crippen molar-refractivity contribution in [1.82, 2.24) is 5.32 Å². The van der Waals surface area contributed by atoms with Crippen molar-refractivity contribution in [2.24, 2.45) is 0 Å². The van der Waals surface area contributed by atoms with E-state index in [9.17, 15) is 4.79 Å². The number of nitrogens with one attached hydrogen (secondary N) is 1. The van der Waals surface area contributed by atoms with Crippen LogP contribution in [-0.2, 0) is 4.74 Å². The first-order chi connectivity index (χ1) is 8.34. The Labute approximate surface area is 104 Å². The molecule has 0 bridgehead atoms. The van der Waals surface area contributed by atoms with Crippen LogP contribution in [0.2, 0.25) is 0 Å². The van der Waals surface area contributed by atoms with E-state index in [0.717, 1.165) is 32.1 Å². The number of hydrogen-bond acceptors (Lipinski definition) is 2. The summed E-state index contributed by atoms with van der Waals surface area (Å²) in [5, 5.41) is 2.97. The molecule has 0 saturated heterocycles. The molecule has 0 radical (unpaired) electrons. The van der Waals surface area contributed by atoms with Crippen LogP contribution >= 0.6 is 0 Å². The Kier molecular flexibility index (Phi) is 4.89. The van der Waals surface area contributed by atoms with Crippen molar-refractivity contribution in [2.45, 2.75) is 69.9 Å². The van der Waals surface area contributed by atoms with Crippen LogP contribution in [0.15, 0.2) is 12.2 Å². The molecular formula is C14H23NO2. The molecule has 2 aliphatic carbocycles. The Morgan fingerprint density at radius 3 is 2.65 bits per heavy atom. The third kappa shape index (κ3) is 4.41. The van der Waals surface area contributed by atoms with Gasteiger partial charge in [0.2, 0.25) is 0 Å². The van der Waals surface area contributed by atoms with Gasteiger partial charge in [-0.3, -0.25) is 0 Å². The molecule has 0 spiro atoms. The van der Waals surface area contributed by atoms with Crippen LogP contribution in [0.5, 0.6) is 0 Å². The van der Waals surface area contributed by atoms with Crippen molar-refractivity contribution in [3.8, 4) is 0 Å². The molecule has 3 nitrogen and oxygen atoms in total. The molecule has 0 aliphatic heterocycles. The number of ether oxygens (including phenoxy) is 1. The van der Waals surface area contributed by atoms with E-state index in [4.69, 9.17) is 4.74 Å². The molecule has 1 atom stereocenters. The topological polar surface area (TPSA) is 38.3 Å². The lowest BCUT2D eigenvalue weighted by molar-refractivity contribution is 0.110. The van der Waals surface area contributed by atoms with E-state index in [1.54, 1.807) is 0 Å². The summed E-state index contributed by atoms with van der Waals surface area (Å²) in [4.78, 5) is 11.7. The second kappa shape index (κ2) is 6.67. The van der Waals surface area contributed by atoms with E-state index in [1.807, 2.05) is 6.08 Å². The van der Waals surface area contributed by atoms with Crippen LogP contribution < -0.4 is 5.32 Å². The van der Waals surface area contributed by atoms with Gasteiger partial charge >= 0.3 is 6.09 Å². The summed E-state index contributed by atoms with van der Waals surface area (Å²) < 4.78 is 5.45. The molecule has 17 heavy (non-hydrogen) atoms. The number of amides is 1. The molecule has 2 rings (SSSR count). The Morgan fingerprint density at radius 1 is 1.06 bits per heavy atom. The zero-order chi connectivity index (χ0) is 11.9. The molecule has 0 aromatic heterocycles. The fourth-order valence-corrected chi connectivity index (χ4v) is 2.64. The first kappa shape index (κ1) is 12.5. The Balaban J connectivity index is 1.73. The van der Waals surface area contributed by atoms with Gasteiger partial charge in [0.15, 0.2) is 0 Å². The maximum atomic E-state index is 11.7. The first-order valence-corrected chi connectivity index (χ1v) is 6.98. The Bertz CT molecular complexity index is 269. The predicted octanol–water partition coefficient (Wildman–Crippen LogP) is 3.54. The summed E-state index contributed by atoms with van der Waals surface area (Å²) in [6, 6.07) is 0.347. The highest BCUT2D eigenvalue weighted by Crippen LogP contribution is 2.18. The molecule has 0 aromatic rings. The number of carbonyl (C=O) groups excluding carboxylic acids is 1. The predicted molar refractivity (Wildman–Crippen MR) is 67.9 cm³/mol. The van der Waals surface area contributed by atoms with Crippen LogP contribution in [-0.4, -0.2) is 18.2 Å². The molecule has 3 heteroatoms. The molecular weight excluding hydrogens is 214 g/mol. The van der Waals surface area contributed by atoms with E-state index >= 15 is 0 Å². The van der Waals surface area contributed by atoms with Gasteiger partial charge < -0.3 is 10.1 Å². The monoisotopic (exact) mass is 237 g/mol. The number of allylic oxidation sites excluding steroid dienone is 1. The fourth-order valence-electron chi connectivity index (χ4n) is 2.64. The zero-order valence-corrected chi connectivity index (χ0v) is 10.5. The van der Waals surface area contributed by atoms with E-state index in [0.29, 0.717) is 6.04 Å². The summed E-state index contributed by atoms with van der Waals surface area (Å²) in [5.74, 6) is 0. The van der Waals surface area contributed by atoms with Crippen LogP contribution in [0.25, 0.3) is 0 Å². The summed E-state index contributed by atoms with van der Waals surface area (Å²) in [6.07, 6.45) is 14.4. The van der Waals surface area contributed by atoms with E-state index < -0.39 is 0 Å². The lowest BCUT2D eigenvalue weighted by Gasteiger charge is -2.18. The first-order valence-electron chi connectivity index (χ1n) is 6.98. The summed E-state index contributed by atoms with van der Waals surface area (Å²) in [5.41, 5.74) is 0. The zero-order valence-electron chi connectivity index (χ0n) is 10.5. The molecule has 1 unspecified atom stereocenters. The molecule has 0 heterocycles. The van der Waals surface area contributed by atoms with Crippen molar-refractivity contribution >= 4 is 6.09 Å². The number of alkyl carbamates (subject to hydrolysis) is 1. The van der Waals surface area contributed by atoms with Crippen LogP contribution in [0, 0.1) is 0 Å². The Hall–Kier alpha value is -0.990. The van der Waals surface area contributed by atoms with Gasteiger partial charge in [-0.25, -0.2) is 4.79 Å². The third-order valence-corrected chi connectivity index (χ3v) is 3.65. The minimum atomic E-state index is -0.230. The minimum Gasteiger partial charge on any atom is -0.442 e. The highest BCUT2D eigenvalue weighted by molar-refractivity contribution is 5.68. The lowest BCUT2D eigenvalue weighted by atomic mass is 10.0. The summed E-state index contributed by atoms with van der Waals surface area (Å²) >= 11 is 0. The van der Waals surface area contributed by atoms with Crippen LogP contribution in [0.1, 0.15) is 57.8 Å².